The Hall–Kier alpha value is -1.66. The molecule has 1 atom stereocenters. The molecule has 1 aromatic carbocycles. The maximum atomic E-state index is 12.5. The molecule has 2 aromatic rings. The lowest BCUT2D eigenvalue weighted by molar-refractivity contribution is -0.0518. The minimum Gasteiger partial charge on any atom is -0.493 e. The molecule has 0 radical (unpaired) electrons. The SMILES string of the molecule is COc1cccc(CNC(C)c2cccs2)c1OC(F)F. The molecule has 1 unspecified atom stereocenters. The van der Waals surface area contributed by atoms with E-state index in [9.17, 15) is 8.78 Å². The molecule has 1 aromatic heterocycles. The van der Waals surface area contributed by atoms with Crippen LogP contribution in [0.2, 0.25) is 0 Å². The summed E-state index contributed by atoms with van der Waals surface area (Å²) in [5, 5.41) is 5.30. The molecule has 0 fully saturated rings. The van der Waals surface area contributed by atoms with E-state index in [1.165, 1.54) is 12.0 Å². The Balaban J connectivity index is 2.11. The Kier molecular flexibility index (Phi) is 5.52. The number of benzene rings is 1. The summed E-state index contributed by atoms with van der Waals surface area (Å²) in [7, 11) is 1.43. The van der Waals surface area contributed by atoms with Crippen LogP contribution in [0.4, 0.5) is 8.78 Å². The number of rotatable bonds is 7. The van der Waals surface area contributed by atoms with E-state index >= 15 is 0 Å². The fourth-order valence-electron chi connectivity index (χ4n) is 1.99. The summed E-state index contributed by atoms with van der Waals surface area (Å²) in [6, 6.07) is 9.25. The van der Waals surface area contributed by atoms with Gasteiger partial charge in [-0.1, -0.05) is 18.2 Å². The Morgan fingerprint density at radius 1 is 1.24 bits per heavy atom. The molecule has 1 heterocycles. The second-order valence-corrected chi connectivity index (χ2v) is 5.42. The number of hydrogen-bond donors (Lipinski definition) is 1. The van der Waals surface area contributed by atoms with Crippen LogP contribution >= 0.6 is 11.3 Å². The standard InChI is InChI=1S/C15H17F2NO2S/c1-10(13-7-4-8-21-13)18-9-11-5-3-6-12(19-2)14(11)20-15(16)17/h3-8,10,15,18H,9H2,1-2H3. The highest BCUT2D eigenvalue weighted by molar-refractivity contribution is 7.10. The van der Waals surface area contributed by atoms with Crippen LogP contribution in [0.15, 0.2) is 35.7 Å². The second-order valence-electron chi connectivity index (χ2n) is 4.45. The molecule has 21 heavy (non-hydrogen) atoms. The van der Waals surface area contributed by atoms with Crippen molar-refractivity contribution in [3.8, 4) is 11.5 Å². The normalized spacial score (nSPS) is 12.4. The lowest BCUT2D eigenvalue weighted by Gasteiger charge is -2.17. The van der Waals surface area contributed by atoms with Crippen LogP contribution in [0.3, 0.4) is 0 Å². The molecule has 114 valence electrons. The average molecular weight is 313 g/mol. The quantitative estimate of drug-likeness (QED) is 0.830. The fraction of sp³-hybridized carbons (Fsp3) is 0.333. The average Bonchev–Trinajstić information content (AvgIpc) is 2.99. The van der Waals surface area contributed by atoms with Crippen molar-refractivity contribution in [2.24, 2.45) is 0 Å². The Labute approximate surface area is 126 Å². The van der Waals surface area contributed by atoms with Gasteiger partial charge in [-0.15, -0.1) is 11.3 Å². The monoisotopic (exact) mass is 313 g/mol. The van der Waals surface area contributed by atoms with Crippen LogP contribution in [0.5, 0.6) is 11.5 Å². The molecule has 0 amide bonds. The number of alkyl halides is 2. The highest BCUT2D eigenvalue weighted by Gasteiger charge is 2.16. The van der Waals surface area contributed by atoms with Crippen LogP contribution in [-0.2, 0) is 6.54 Å². The molecular formula is C15H17F2NO2S. The molecule has 0 saturated carbocycles. The van der Waals surface area contributed by atoms with Gasteiger partial charge in [0.05, 0.1) is 7.11 Å². The first-order valence-corrected chi connectivity index (χ1v) is 7.37. The number of methoxy groups -OCH3 is 1. The summed E-state index contributed by atoms with van der Waals surface area (Å²) in [5.41, 5.74) is 0.637. The lowest BCUT2D eigenvalue weighted by atomic mass is 10.1. The first-order valence-electron chi connectivity index (χ1n) is 6.49. The summed E-state index contributed by atoms with van der Waals surface area (Å²) in [6.07, 6.45) is 0. The van der Waals surface area contributed by atoms with Gasteiger partial charge in [-0.25, -0.2) is 0 Å². The largest absolute Gasteiger partial charge is 0.493 e. The second kappa shape index (κ2) is 7.38. The van der Waals surface area contributed by atoms with Gasteiger partial charge in [-0.3, -0.25) is 0 Å². The maximum absolute atomic E-state index is 12.5. The van der Waals surface area contributed by atoms with E-state index in [4.69, 9.17) is 4.74 Å². The molecule has 0 bridgehead atoms. The summed E-state index contributed by atoms with van der Waals surface area (Å²) >= 11 is 1.65. The van der Waals surface area contributed by atoms with Gasteiger partial charge in [0.25, 0.3) is 0 Å². The number of para-hydroxylation sites is 1. The van der Waals surface area contributed by atoms with Crippen LogP contribution in [-0.4, -0.2) is 13.7 Å². The maximum Gasteiger partial charge on any atom is 0.387 e. The molecule has 1 N–H and O–H groups in total. The number of thiophene rings is 1. The number of halogens is 2. The molecule has 6 heteroatoms. The van der Waals surface area contributed by atoms with Crippen molar-refractivity contribution >= 4 is 11.3 Å². The zero-order valence-electron chi connectivity index (χ0n) is 11.8. The molecular weight excluding hydrogens is 296 g/mol. The van der Waals surface area contributed by atoms with Gasteiger partial charge < -0.3 is 14.8 Å². The molecule has 2 rings (SSSR count). The molecule has 3 nitrogen and oxygen atoms in total. The van der Waals surface area contributed by atoms with Crippen molar-refractivity contribution in [3.63, 3.8) is 0 Å². The van der Waals surface area contributed by atoms with Crippen molar-refractivity contribution in [2.75, 3.05) is 7.11 Å². The van der Waals surface area contributed by atoms with Gasteiger partial charge in [0, 0.05) is 23.0 Å². The van der Waals surface area contributed by atoms with Gasteiger partial charge in [-0.05, 0) is 24.4 Å². The summed E-state index contributed by atoms with van der Waals surface area (Å²) in [5.74, 6) is 0.388. The van der Waals surface area contributed by atoms with Gasteiger partial charge in [0.1, 0.15) is 0 Å². The van der Waals surface area contributed by atoms with Crippen LogP contribution in [0, 0.1) is 0 Å². The zero-order chi connectivity index (χ0) is 15.2. The topological polar surface area (TPSA) is 30.5 Å². The first-order chi connectivity index (χ1) is 10.1. The number of nitrogens with one attached hydrogen (secondary N) is 1. The van der Waals surface area contributed by atoms with E-state index in [-0.39, 0.29) is 11.8 Å². The van der Waals surface area contributed by atoms with Crippen LogP contribution < -0.4 is 14.8 Å². The van der Waals surface area contributed by atoms with Crippen LogP contribution in [0.1, 0.15) is 23.4 Å². The zero-order valence-corrected chi connectivity index (χ0v) is 12.6. The van der Waals surface area contributed by atoms with Crippen molar-refractivity contribution in [3.05, 3.63) is 46.2 Å². The third-order valence-electron chi connectivity index (χ3n) is 3.06. The summed E-state index contributed by atoms with van der Waals surface area (Å²) in [4.78, 5) is 1.19. The predicted octanol–water partition coefficient (Wildman–Crippen LogP) is 4.21. The van der Waals surface area contributed by atoms with E-state index in [0.29, 0.717) is 17.9 Å². The highest BCUT2D eigenvalue weighted by Crippen LogP contribution is 2.32. The third-order valence-corrected chi connectivity index (χ3v) is 4.11. The van der Waals surface area contributed by atoms with E-state index in [1.807, 2.05) is 24.4 Å². The Bertz CT molecular complexity index is 561. The molecule has 0 saturated heterocycles. The molecule has 0 aliphatic rings. The van der Waals surface area contributed by atoms with E-state index in [0.717, 1.165) is 0 Å². The van der Waals surface area contributed by atoms with Gasteiger partial charge >= 0.3 is 6.61 Å². The summed E-state index contributed by atoms with van der Waals surface area (Å²) in [6.45, 7) is -0.437. The van der Waals surface area contributed by atoms with E-state index in [2.05, 4.69) is 10.1 Å². The predicted molar refractivity (Wildman–Crippen MR) is 79.2 cm³/mol. The number of hydrogen-bond acceptors (Lipinski definition) is 4. The van der Waals surface area contributed by atoms with Crippen LogP contribution in [0.25, 0.3) is 0 Å². The Morgan fingerprint density at radius 2 is 2.05 bits per heavy atom. The fourth-order valence-corrected chi connectivity index (χ4v) is 2.74. The van der Waals surface area contributed by atoms with Crippen molar-refractivity contribution in [1.82, 2.24) is 5.32 Å². The third kappa shape index (κ3) is 4.15. The lowest BCUT2D eigenvalue weighted by Crippen LogP contribution is -2.18. The smallest absolute Gasteiger partial charge is 0.387 e. The molecule has 0 aliphatic carbocycles. The van der Waals surface area contributed by atoms with Gasteiger partial charge in [0.15, 0.2) is 11.5 Å². The summed E-state index contributed by atoms with van der Waals surface area (Å²) < 4.78 is 34.8. The van der Waals surface area contributed by atoms with E-state index < -0.39 is 6.61 Å². The van der Waals surface area contributed by atoms with Crippen molar-refractivity contribution in [1.29, 1.82) is 0 Å². The minimum atomic E-state index is -2.88. The van der Waals surface area contributed by atoms with Gasteiger partial charge in [-0.2, -0.15) is 8.78 Å². The van der Waals surface area contributed by atoms with Crippen molar-refractivity contribution < 1.29 is 18.3 Å². The van der Waals surface area contributed by atoms with Crippen molar-refractivity contribution in [2.45, 2.75) is 26.1 Å². The number of ether oxygens (including phenoxy) is 2. The van der Waals surface area contributed by atoms with E-state index in [1.54, 1.807) is 29.5 Å². The first kappa shape index (κ1) is 15.7. The minimum absolute atomic E-state index is 0.0841. The van der Waals surface area contributed by atoms with Gasteiger partial charge in [0.2, 0.25) is 0 Å². The Morgan fingerprint density at radius 3 is 2.67 bits per heavy atom. The molecule has 0 aliphatic heterocycles. The molecule has 0 spiro atoms. The highest BCUT2D eigenvalue weighted by atomic mass is 32.1.